The number of piperidine rings is 1. The van der Waals surface area contributed by atoms with Crippen molar-refractivity contribution >= 4 is 10.0 Å². The summed E-state index contributed by atoms with van der Waals surface area (Å²) in [4.78, 5) is 0. The van der Waals surface area contributed by atoms with Crippen LogP contribution in [0.1, 0.15) is 32.6 Å². The fourth-order valence-electron chi connectivity index (χ4n) is 2.17. The maximum absolute atomic E-state index is 12.0. The molecular formula is C12H24N2O2S. The number of likely N-dealkylation sites (N-methyl/N-ethyl adjacent to an activating group) is 1. The lowest BCUT2D eigenvalue weighted by Gasteiger charge is -2.25. The maximum atomic E-state index is 12.0. The second kappa shape index (κ2) is 7.13. The molecule has 5 heteroatoms. The first kappa shape index (κ1) is 14.7. The van der Waals surface area contributed by atoms with Gasteiger partial charge in [0.15, 0.2) is 0 Å². The van der Waals surface area contributed by atoms with Gasteiger partial charge in [-0.05, 0) is 25.8 Å². The molecule has 0 saturated carbocycles. The molecule has 100 valence electrons. The molecule has 0 bridgehead atoms. The van der Waals surface area contributed by atoms with Crippen LogP contribution < -0.4 is 5.32 Å². The van der Waals surface area contributed by atoms with E-state index >= 15 is 0 Å². The largest absolute Gasteiger partial charge is 0.314 e. The van der Waals surface area contributed by atoms with E-state index in [1.54, 1.807) is 6.08 Å². The number of rotatable bonds is 7. The lowest BCUT2D eigenvalue weighted by molar-refractivity contribution is 0.388. The van der Waals surface area contributed by atoms with Crippen LogP contribution in [0.25, 0.3) is 0 Å². The molecule has 0 aromatic carbocycles. The molecule has 1 aliphatic rings. The molecule has 1 rings (SSSR count). The maximum Gasteiger partial charge on any atom is 0.214 e. The van der Waals surface area contributed by atoms with Crippen molar-refractivity contribution in [1.29, 1.82) is 0 Å². The highest BCUT2D eigenvalue weighted by Gasteiger charge is 2.21. The Hall–Kier alpha value is -0.390. The van der Waals surface area contributed by atoms with E-state index in [0.29, 0.717) is 19.1 Å². The van der Waals surface area contributed by atoms with E-state index < -0.39 is 10.0 Å². The smallest absolute Gasteiger partial charge is 0.214 e. The number of hydrogen-bond acceptors (Lipinski definition) is 3. The third kappa shape index (κ3) is 4.77. The van der Waals surface area contributed by atoms with Gasteiger partial charge in [0.05, 0.1) is 5.75 Å². The summed E-state index contributed by atoms with van der Waals surface area (Å²) >= 11 is 0. The summed E-state index contributed by atoms with van der Waals surface area (Å²) in [6.07, 6.45) is 5.88. The third-order valence-electron chi connectivity index (χ3n) is 3.22. The van der Waals surface area contributed by atoms with Crippen LogP contribution in [-0.4, -0.2) is 44.2 Å². The van der Waals surface area contributed by atoms with E-state index in [-0.39, 0.29) is 5.75 Å². The normalized spacial score (nSPS) is 21.6. The van der Waals surface area contributed by atoms with E-state index in [1.165, 1.54) is 17.1 Å². The summed E-state index contributed by atoms with van der Waals surface area (Å²) in [7, 11) is -3.11. The number of sulfonamides is 1. The van der Waals surface area contributed by atoms with Crippen molar-refractivity contribution in [2.45, 2.75) is 38.6 Å². The van der Waals surface area contributed by atoms with Crippen LogP contribution in [0.5, 0.6) is 0 Å². The quantitative estimate of drug-likeness (QED) is 0.703. The second-order valence-electron chi connectivity index (χ2n) is 4.49. The van der Waals surface area contributed by atoms with Crippen LogP contribution in [0.15, 0.2) is 12.7 Å². The Morgan fingerprint density at radius 2 is 2.24 bits per heavy atom. The molecule has 0 radical (unpaired) electrons. The average Bonchev–Trinajstić information content (AvgIpc) is 2.34. The van der Waals surface area contributed by atoms with Gasteiger partial charge < -0.3 is 5.32 Å². The van der Waals surface area contributed by atoms with Crippen LogP contribution in [0.4, 0.5) is 0 Å². The summed E-state index contributed by atoms with van der Waals surface area (Å²) in [5, 5.41) is 3.38. The summed E-state index contributed by atoms with van der Waals surface area (Å²) in [5.41, 5.74) is 0. The Bertz CT molecular complexity index is 321. The predicted molar refractivity (Wildman–Crippen MR) is 71.5 cm³/mol. The minimum atomic E-state index is -3.11. The molecule has 1 unspecified atom stereocenters. The molecule has 4 nitrogen and oxygen atoms in total. The summed E-state index contributed by atoms with van der Waals surface area (Å²) in [5.74, 6) is 0.242. The van der Waals surface area contributed by atoms with Gasteiger partial charge in [0, 0.05) is 19.1 Å². The van der Waals surface area contributed by atoms with Crippen LogP contribution in [0.2, 0.25) is 0 Å². The van der Waals surface area contributed by atoms with Crippen molar-refractivity contribution in [2.75, 3.05) is 25.4 Å². The average molecular weight is 260 g/mol. The first-order valence-electron chi connectivity index (χ1n) is 6.42. The monoisotopic (exact) mass is 260 g/mol. The van der Waals surface area contributed by atoms with Crippen LogP contribution in [0.3, 0.4) is 0 Å². The zero-order valence-electron chi connectivity index (χ0n) is 10.7. The minimum absolute atomic E-state index is 0.242. The summed E-state index contributed by atoms with van der Waals surface area (Å²) in [6, 6.07) is 0.376. The molecule has 0 aromatic rings. The van der Waals surface area contributed by atoms with E-state index in [4.69, 9.17) is 0 Å². The molecule has 1 atom stereocenters. The van der Waals surface area contributed by atoms with Crippen molar-refractivity contribution in [2.24, 2.45) is 0 Å². The highest BCUT2D eigenvalue weighted by molar-refractivity contribution is 7.89. The van der Waals surface area contributed by atoms with E-state index in [0.717, 1.165) is 19.4 Å². The molecule has 1 fully saturated rings. The highest BCUT2D eigenvalue weighted by Crippen LogP contribution is 2.12. The molecule has 1 aliphatic heterocycles. The molecule has 0 spiro atoms. The minimum Gasteiger partial charge on any atom is -0.314 e. The van der Waals surface area contributed by atoms with Gasteiger partial charge in [-0.3, -0.25) is 0 Å². The topological polar surface area (TPSA) is 49.4 Å². The lowest BCUT2D eigenvalue weighted by Crippen LogP contribution is -2.38. The van der Waals surface area contributed by atoms with Crippen molar-refractivity contribution in [1.82, 2.24) is 9.62 Å². The number of nitrogens with one attached hydrogen (secondary N) is 1. The van der Waals surface area contributed by atoms with Gasteiger partial charge in [-0.25, -0.2) is 8.42 Å². The zero-order chi connectivity index (χ0) is 12.7. The van der Waals surface area contributed by atoms with Gasteiger partial charge in [0.2, 0.25) is 10.0 Å². The van der Waals surface area contributed by atoms with Crippen LogP contribution in [-0.2, 0) is 10.0 Å². The Morgan fingerprint density at radius 1 is 1.47 bits per heavy atom. The van der Waals surface area contributed by atoms with Crippen molar-refractivity contribution < 1.29 is 8.42 Å². The SMILES string of the molecule is C=CCN(CC)S(=O)(=O)CCC1CCCCN1. The van der Waals surface area contributed by atoms with Crippen LogP contribution in [0, 0.1) is 0 Å². The summed E-state index contributed by atoms with van der Waals surface area (Å²) in [6.45, 7) is 7.41. The van der Waals surface area contributed by atoms with Gasteiger partial charge in [0.25, 0.3) is 0 Å². The van der Waals surface area contributed by atoms with Crippen LogP contribution >= 0.6 is 0 Å². The fraction of sp³-hybridized carbons (Fsp3) is 0.833. The first-order valence-corrected chi connectivity index (χ1v) is 8.03. The van der Waals surface area contributed by atoms with E-state index in [9.17, 15) is 8.42 Å². The Morgan fingerprint density at radius 3 is 2.76 bits per heavy atom. The van der Waals surface area contributed by atoms with Gasteiger partial charge in [-0.2, -0.15) is 4.31 Å². The molecule has 0 amide bonds. The van der Waals surface area contributed by atoms with Gasteiger partial charge in [-0.15, -0.1) is 6.58 Å². The molecular weight excluding hydrogens is 236 g/mol. The third-order valence-corrected chi connectivity index (χ3v) is 5.16. The van der Waals surface area contributed by atoms with E-state index in [1.807, 2.05) is 6.92 Å². The Labute approximate surface area is 105 Å². The molecule has 1 N–H and O–H groups in total. The van der Waals surface area contributed by atoms with Gasteiger partial charge in [-0.1, -0.05) is 19.4 Å². The van der Waals surface area contributed by atoms with Gasteiger partial charge >= 0.3 is 0 Å². The van der Waals surface area contributed by atoms with Crippen molar-refractivity contribution in [3.8, 4) is 0 Å². The first-order chi connectivity index (χ1) is 8.10. The molecule has 0 aromatic heterocycles. The molecule has 1 saturated heterocycles. The van der Waals surface area contributed by atoms with Crippen molar-refractivity contribution in [3.05, 3.63) is 12.7 Å². The number of hydrogen-bond donors (Lipinski definition) is 1. The molecule has 1 heterocycles. The van der Waals surface area contributed by atoms with Crippen molar-refractivity contribution in [3.63, 3.8) is 0 Å². The molecule has 17 heavy (non-hydrogen) atoms. The van der Waals surface area contributed by atoms with Gasteiger partial charge in [0.1, 0.15) is 0 Å². The highest BCUT2D eigenvalue weighted by atomic mass is 32.2. The number of nitrogens with zero attached hydrogens (tertiary/aromatic N) is 1. The Balaban J connectivity index is 2.44. The predicted octanol–water partition coefficient (Wildman–Crippen LogP) is 1.36. The second-order valence-corrected chi connectivity index (χ2v) is 6.58. The molecule has 0 aliphatic carbocycles. The Kier molecular flexibility index (Phi) is 6.16. The summed E-state index contributed by atoms with van der Waals surface area (Å²) < 4.78 is 25.6. The lowest BCUT2D eigenvalue weighted by atomic mass is 10.0. The standard InChI is InChI=1S/C12H24N2O2S/c1-3-10-14(4-2)17(15,16)11-8-12-7-5-6-9-13-12/h3,12-13H,1,4-11H2,2H3. The van der Waals surface area contributed by atoms with E-state index in [2.05, 4.69) is 11.9 Å². The fourth-order valence-corrected chi connectivity index (χ4v) is 3.74. The zero-order valence-corrected chi connectivity index (χ0v) is 11.5.